The van der Waals surface area contributed by atoms with Crippen molar-refractivity contribution in [2.75, 3.05) is 6.54 Å². The molecule has 2 rings (SSSR count). The molecule has 0 fully saturated rings. The van der Waals surface area contributed by atoms with Crippen LogP contribution in [0.25, 0.3) is 11.4 Å². The molecule has 136 valence electrons. The first-order valence-electron chi connectivity index (χ1n) is 8.47. The summed E-state index contributed by atoms with van der Waals surface area (Å²) in [7, 11) is 0. The fraction of sp³-hybridized carbons (Fsp3) is 0.556. The van der Waals surface area contributed by atoms with Crippen LogP contribution in [-0.2, 0) is 11.2 Å². The Balaban J connectivity index is 1.82. The molecule has 1 amide bonds. The van der Waals surface area contributed by atoms with Gasteiger partial charge in [0.15, 0.2) is 0 Å². The standard InChI is InChI=1S/C18H26N4O3/c1-12(2)16(24)18(3,4)11-20-14(23)5-6-15-21-17(22-25-15)13-7-9-19-10-8-13/h7-10,12,16,24H,5-6,11H2,1-4H3,(H,20,23). The Morgan fingerprint density at radius 3 is 2.64 bits per heavy atom. The Morgan fingerprint density at radius 2 is 2.00 bits per heavy atom. The van der Waals surface area contributed by atoms with E-state index in [4.69, 9.17) is 4.52 Å². The van der Waals surface area contributed by atoms with E-state index in [1.54, 1.807) is 24.5 Å². The fourth-order valence-electron chi connectivity index (χ4n) is 2.62. The van der Waals surface area contributed by atoms with Crippen molar-refractivity contribution in [2.24, 2.45) is 11.3 Å². The number of aliphatic hydroxyl groups excluding tert-OH is 1. The molecule has 0 saturated carbocycles. The van der Waals surface area contributed by atoms with Crippen molar-refractivity contribution in [1.82, 2.24) is 20.4 Å². The van der Waals surface area contributed by atoms with Crippen molar-refractivity contribution in [3.8, 4) is 11.4 Å². The minimum atomic E-state index is -0.480. The second kappa shape index (κ2) is 8.20. The summed E-state index contributed by atoms with van der Waals surface area (Å²) < 4.78 is 5.18. The van der Waals surface area contributed by atoms with Crippen molar-refractivity contribution in [2.45, 2.75) is 46.6 Å². The lowest BCUT2D eigenvalue weighted by atomic mass is 9.80. The van der Waals surface area contributed by atoms with Gasteiger partial charge in [-0.2, -0.15) is 4.98 Å². The van der Waals surface area contributed by atoms with Gasteiger partial charge in [-0.25, -0.2) is 0 Å². The predicted octanol–water partition coefficient (Wildman–Crippen LogP) is 2.22. The summed E-state index contributed by atoms with van der Waals surface area (Å²) >= 11 is 0. The summed E-state index contributed by atoms with van der Waals surface area (Å²) in [5.74, 6) is 0.937. The number of hydrogen-bond donors (Lipinski definition) is 2. The number of aryl methyl sites for hydroxylation is 1. The molecular formula is C18H26N4O3. The number of pyridine rings is 1. The van der Waals surface area contributed by atoms with Gasteiger partial charge in [0.25, 0.3) is 0 Å². The van der Waals surface area contributed by atoms with Crippen molar-refractivity contribution in [1.29, 1.82) is 0 Å². The topological polar surface area (TPSA) is 101 Å². The molecule has 2 aromatic heterocycles. The maximum absolute atomic E-state index is 12.0. The van der Waals surface area contributed by atoms with Gasteiger partial charge < -0.3 is 14.9 Å². The van der Waals surface area contributed by atoms with Crippen LogP contribution in [0.5, 0.6) is 0 Å². The highest BCUT2D eigenvalue weighted by Gasteiger charge is 2.30. The molecule has 0 radical (unpaired) electrons. The first kappa shape index (κ1) is 19.1. The first-order chi connectivity index (χ1) is 11.8. The van der Waals surface area contributed by atoms with Gasteiger partial charge in [-0.1, -0.05) is 32.9 Å². The zero-order valence-electron chi connectivity index (χ0n) is 15.2. The molecule has 0 aliphatic heterocycles. The molecule has 0 aliphatic rings. The van der Waals surface area contributed by atoms with Gasteiger partial charge in [-0.15, -0.1) is 0 Å². The van der Waals surface area contributed by atoms with E-state index in [2.05, 4.69) is 20.4 Å². The number of nitrogens with zero attached hydrogens (tertiary/aromatic N) is 3. The highest BCUT2D eigenvalue weighted by atomic mass is 16.5. The van der Waals surface area contributed by atoms with E-state index in [1.807, 2.05) is 27.7 Å². The number of rotatable bonds is 8. The highest BCUT2D eigenvalue weighted by Crippen LogP contribution is 2.25. The van der Waals surface area contributed by atoms with E-state index in [1.165, 1.54) is 0 Å². The summed E-state index contributed by atoms with van der Waals surface area (Å²) in [6.45, 7) is 8.22. The summed E-state index contributed by atoms with van der Waals surface area (Å²) in [4.78, 5) is 20.3. The van der Waals surface area contributed by atoms with E-state index in [-0.39, 0.29) is 23.7 Å². The Labute approximate surface area is 147 Å². The van der Waals surface area contributed by atoms with Gasteiger partial charge >= 0.3 is 0 Å². The van der Waals surface area contributed by atoms with Gasteiger partial charge in [-0.05, 0) is 18.1 Å². The third kappa shape index (κ3) is 5.35. The van der Waals surface area contributed by atoms with Crippen LogP contribution in [-0.4, -0.2) is 38.8 Å². The van der Waals surface area contributed by atoms with E-state index in [0.717, 1.165) is 5.56 Å². The largest absolute Gasteiger partial charge is 0.392 e. The maximum atomic E-state index is 12.0. The number of aromatic nitrogens is 3. The molecule has 7 heteroatoms. The van der Waals surface area contributed by atoms with Crippen LogP contribution < -0.4 is 5.32 Å². The number of carbonyl (C=O) groups excluding carboxylic acids is 1. The maximum Gasteiger partial charge on any atom is 0.227 e. The average Bonchev–Trinajstić information content (AvgIpc) is 3.07. The van der Waals surface area contributed by atoms with Crippen molar-refractivity contribution < 1.29 is 14.4 Å². The molecule has 1 unspecified atom stereocenters. The van der Waals surface area contributed by atoms with Crippen molar-refractivity contribution in [3.05, 3.63) is 30.4 Å². The van der Waals surface area contributed by atoms with Crippen LogP contribution in [0.4, 0.5) is 0 Å². The van der Waals surface area contributed by atoms with Crippen LogP contribution in [0.2, 0.25) is 0 Å². The Bertz CT molecular complexity index is 683. The van der Waals surface area contributed by atoms with Crippen molar-refractivity contribution in [3.63, 3.8) is 0 Å². The third-order valence-electron chi connectivity index (χ3n) is 4.15. The van der Waals surface area contributed by atoms with Gasteiger partial charge in [0.05, 0.1) is 6.10 Å². The molecule has 0 bridgehead atoms. The molecule has 0 spiro atoms. The number of carbonyl (C=O) groups is 1. The average molecular weight is 346 g/mol. The Hall–Kier alpha value is -2.28. The Kier molecular flexibility index (Phi) is 6.25. The SMILES string of the molecule is CC(C)C(O)C(C)(C)CNC(=O)CCc1nc(-c2ccncc2)no1. The minimum Gasteiger partial charge on any atom is -0.392 e. The summed E-state index contributed by atoms with van der Waals surface area (Å²) in [5.41, 5.74) is 0.432. The molecule has 25 heavy (non-hydrogen) atoms. The molecule has 0 aliphatic carbocycles. The second-order valence-electron chi connectivity index (χ2n) is 7.20. The number of nitrogens with one attached hydrogen (secondary N) is 1. The number of amides is 1. The van der Waals surface area contributed by atoms with Crippen molar-refractivity contribution >= 4 is 5.91 Å². The molecule has 2 aromatic rings. The Morgan fingerprint density at radius 1 is 1.32 bits per heavy atom. The zero-order chi connectivity index (χ0) is 18.4. The van der Waals surface area contributed by atoms with Gasteiger partial charge in [-0.3, -0.25) is 9.78 Å². The lowest BCUT2D eigenvalue weighted by molar-refractivity contribution is -0.122. The van der Waals surface area contributed by atoms with E-state index >= 15 is 0 Å². The molecule has 0 saturated heterocycles. The summed E-state index contributed by atoms with van der Waals surface area (Å²) in [6.07, 6.45) is 3.47. The second-order valence-corrected chi connectivity index (χ2v) is 7.20. The third-order valence-corrected chi connectivity index (χ3v) is 4.15. The van der Waals surface area contributed by atoms with Gasteiger partial charge in [0, 0.05) is 42.8 Å². The summed E-state index contributed by atoms with van der Waals surface area (Å²) in [5, 5.41) is 17.0. The molecule has 1 atom stereocenters. The van der Waals surface area contributed by atoms with Gasteiger partial charge in [0.2, 0.25) is 17.6 Å². The molecule has 7 nitrogen and oxygen atoms in total. The van der Waals surface area contributed by atoms with E-state index in [0.29, 0.717) is 24.7 Å². The number of aliphatic hydroxyl groups is 1. The van der Waals surface area contributed by atoms with E-state index < -0.39 is 6.10 Å². The lowest BCUT2D eigenvalue weighted by Gasteiger charge is -2.33. The molecule has 0 aromatic carbocycles. The van der Waals surface area contributed by atoms with Crippen LogP contribution >= 0.6 is 0 Å². The summed E-state index contributed by atoms with van der Waals surface area (Å²) in [6, 6.07) is 3.59. The molecular weight excluding hydrogens is 320 g/mol. The molecule has 2 N–H and O–H groups in total. The quantitative estimate of drug-likeness (QED) is 0.760. The fourth-order valence-corrected chi connectivity index (χ4v) is 2.62. The van der Waals surface area contributed by atoms with Crippen LogP contribution in [0.15, 0.2) is 29.0 Å². The van der Waals surface area contributed by atoms with Crippen LogP contribution in [0.3, 0.4) is 0 Å². The van der Waals surface area contributed by atoms with Gasteiger partial charge in [0.1, 0.15) is 0 Å². The zero-order valence-corrected chi connectivity index (χ0v) is 15.2. The highest BCUT2D eigenvalue weighted by molar-refractivity contribution is 5.76. The monoisotopic (exact) mass is 346 g/mol. The minimum absolute atomic E-state index is 0.104. The number of hydrogen-bond acceptors (Lipinski definition) is 6. The normalized spacial score (nSPS) is 13.0. The predicted molar refractivity (Wildman–Crippen MR) is 93.5 cm³/mol. The lowest BCUT2D eigenvalue weighted by Crippen LogP contribution is -2.43. The van der Waals surface area contributed by atoms with Crippen LogP contribution in [0, 0.1) is 11.3 Å². The smallest absolute Gasteiger partial charge is 0.227 e. The first-order valence-corrected chi connectivity index (χ1v) is 8.47. The van der Waals surface area contributed by atoms with Crippen LogP contribution in [0.1, 0.15) is 40.0 Å². The molecule has 2 heterocycles. The van der Waals surface area contributed by atoms with E-state index in [9.17, 15) is 9.90 Å².